The van der Waals surface area contributed by atoms with Crippen LogP contribution in [0.5, 0.6) is 0 Å². The molecule has 2 aromatic rings. The number of carbonyl (C=O) groups is 2. The van der Waals surface area contributed by atoms with Gasteiger partial charge in [0.05, 0.1) is 12.1 Å². The van der Waals surface area contributed by atoms with Crippen LogP contribution in [0.3, 0.4) is 0 Å². The van der Waals surface area contributed by atoms with Crippen LogP contribution in [0.15, 0.2) is 43.1 Å². The number of pyridine rings is 1. The molecule has 0 fully saturated rings. The topological polar surface area (TPSA) is 75.5 Å². The molecule has 2 heterocycles. The predicted molar refractivity (Wildman–Crippen MR) is 70.7 cm³/mol. The van der Waals surface area contributed by atoms with Gasteiger partial charge < -0.3 is 10.6 Å². The first-order valence-electron chi connectivity index (χ1n) is 5.81. The lowest BCUT2D eigenvalue weighted by Gasteiger charge is -2.03. The third kappa shape index (κ3) is 3.19. The lowest BCUT2D eigenvalue weighted by atomic mass is 10.3. The molecule has 0 radical (unpaired) electrons. The normalized spacial score (nSPS) is 10.1. The minimum atomic E-state index is -0.377. The largest absolute Gasteiger partial charge is 0.351 e. The third-order valence-corrected chi connectivity index (χ3v) is 2.46. The van der Waals surface area contributed by atoms with Crippen molar-refractivity contribution in [2.24, 2.45) is 0 Å². The highest BCUT2D eigenvalue weighted by Gasteiger charge is 2.11. The van der Waals surface area contributed by atoms with Gasteiger partial charge in [0, 0.05) is 12.7 Å². The molecule has 6 nitrogen and oxygen atoms in total. The predicted octanol–water partition coefficient (Wildman–Crippen LogP) is 0.366. The van der Waals surface area contributed by atoms with Crippen molar-refractivity contribution in [1.29, 1.82) is 0 Å². The Morgan fingerprint density at radius 1 is 1.37 bits per heavy atom. The maximum Gasteiger partial charge on any atom is 0.272 e. The Balaban J connectivity index is 1.96. The first-order valence-corrected chi connectivity index (χ1v) is 5.81. The molecule has 98 valence electrons. The molecule has 2 N–H and O–H groups in total. The first-order chi connectivity index (χ1) is 9.20. The van der Waals surface area contributed by atoms with Crippen LogP contribution in [0.1, 0.15) is 10.5 Å². The number of nitrogens with one attached hydrogen (secondary N) is 2. The van der Waals surface area contributed by atoms with Crippen LogP contribution in [-0.4, -0.2) is 34.5 Å². The van der Waals surface area contributed by atoms with Crippen molar-refractivity contribution in [1.82, 2.24) is 20.2 Å². The highest BCUT2D eigenvalue weighted by molar-refractivity contribution is 5.95. The van der Waals surface area contributed by atoms with Gasteiger partial charge in [-0.05, 0) is 18.2 Å². The zero-order valence-corrected chi connectivity index (χ0v) is 10.3. The fraction of sp³-hybridized carbons (Fsp3) is 0.154. The van der Waals surface area contributed by atoms with E-state index in [1.165, 1.54) is 0 Å². The molecule has 6 heteroatoms. The molecule has 0 aromatic carbocycles. The summed E-state index contributed by atoms with van der Waals surface area (Å²) in [6.07, 6.45) is 3.32. The van der Waals surface area contributed by atoms with Crippen LogP contribution in [-0.2, 0) is 4.79 Å². The maximum absolute atomic E-state index is 11.8. The SMILES string of the molecule is C=CCNC(=O)CNC(=O)c1cc2ccccn2n1. The van der Waals surface area contributed by atoms with Crippen LogP contribution in [0, 0.1) is 0 Å². The van der Waals surface area contributed by atoms with Crippen LogP contribution < -0.4 is 10.6 Å². The molecule has 0 aliphatic heterocycles. The van der Waals surface area contributed by atoms with E-state index < -0.39 is 0 Å². The van der Waals surface area contributed by atoms with Crippen molar-refractivity contribution in [2.75, 3.05) is 13.1 Å². The Bertz CT molecular complexity index is 585. The quantitative estimate of drug-likeness (QED) is 0.761. The van der Waals surface area contributed by atoms with Crippen LogP contribution in [0.4, 0.5) is 0 Å². The summed E-state index contributed by atoms with van der Waals surface area (Å²) in [5.74, 6) is -0.644. The van der Waals surface area contributed by atoms with E-state index in [1.807, 2.05) is 18.2 Å². The molecule has 0 saturated carbocycles. The van der Waals surface area contributed by atoms with Gasteiger partial charge in [-0.1, -0.05) is 12.1 Å². The Morgan fingerprint density at radius 2 is 2.21 bits per heavy atom. The highest BCUT2D eigenvalue weighted by atomic mass is 16.2. The number of amides is 2. The summed E-state index contributed by atoms with van der Waals surface area (Å²) in [4.78, 5) is 23.1. The van der Waals surface area contributed by atoms with E-state index in [1.54, 1.807) is 22.9 Å². The lowest BCUT2D eigenvalue weighted by Crippen LogP contribution is -2.37. The van der Waals surface area contributed by atoms with Crippen LogP contribution >= 0.6 is 0 Å². The minimum Gasteiger partial charge on any atom is -0.351 e. The van der Waals surface area contributed by atoms with E-state index >= 15 is 0 Å². The summed E-state index contributed by atoms with van der Waals surface area (Å²) in [5.41, 5.74) is 1.10. The standard InChI is InChI=1S/C13H14N4O2/c1-2-6-14-12(18)9-15-13(19)11-8-10-5-3-4-7-17(10)16-11/h2-5,7-8H,1,6,9H2,(H,14,18)(H,15,19). The number of nitrogens with zero attached hydrogens (tertiary/aromatic N) is 2. The number of hydrogen-bond acceptors (Lipinski definition) is 3. The maximum atomic E-state index is 11.8. The molecule has 0 spiro atoms. The molecule has 0 saturated heterocycles. The smallest absolute Gasteiger partial charge is 0.272 e. The van der Waals surface area contributed by atoms with Gasteiger partial charge in [-0.3, -0.25) is 9.59 Å². The molecule has 2 rings (SSSR count). The summed E-state index contributed by atoms with van der Waals surface area (Å²) in [5, 5.41) is 9.19. The summed E-state index contributed by atoms with van der Waals surface area (Å²) < 4.78 is 1.60. The fourth-order valence-corrected chi connectivity index (χ4v) is 1.55. The van der Waals surface area contributed by atoms with Crippen molar-refractivity contribution < 1.29 is 9.59 Å². The molecule has 0 bridgehead atoms. The minimum absolute atomic E-state index is 0.0828. The van der Waals surface area contributed by atoms with Gasteiger partial charge in [0.15, 0.2) is 5.69 Å². The van der Waals surface area contributed by atoms with Gasteiger partial charge in [0.25, 0.3) is 5.91 Å². The molecule has 2 aromatic heterocycles. The van der Waals surface area contributed by atoms with Crippen LogP contribution in [0.2, 0.25) is 0 Å². The van der Waals surface area contributed by atoms with Gasteiger partial charge in [-0.15, -0.1) is 6.58 Å². The van der Waals surface area contributed by atoms with E-state index in [0.29, 0.717) is 6.54 Å². The van der Waals surface area contributed by atoms with E-state index in [-0.39, 0.29) is 24.1 Å². The number of hydrogen-bond donors (Lipinski definition) is 2. The molecule has 2 amide bonds. The first kappa shape index (κ1) is 12.8. The Hall–Kier alpha value is -2.63. The average Bonchev–Trinajstić information content (AvgIpc) is 2.86. The molecular weight excluding hydrogens is 244 g/mol. The number of fused-ring (bicyclic) bond motifs is 1. The number of aromatic nitrogens is 2. The second kappa shape index (κ2) is 5.81. The molecule has 19 heavy (non-hydrogen) atoms. The van der Waals surface area contributed by atoms with E-state index in [0.717, 1.165) is 5.52 Å². The Morgan fingerprint density at radius 3 is 2.95 bits per heavy atom. The van der Waals surface area contributed by atoms with E-state index in [4.69, 9.17) is 0 Å². The number of rotatable bonds is 5. The fourth-order valence-electron chi connectivity index (χ4n) is 1.55. The third-order valence-electron chi connectivity index (χ3n) is 2.46. The van der Waals surface area contributed by atoms with Crippen molar-refractivity contribution in [3.63, 3.8) is 0 Å². The zero-order chi connectivity index (χ0) is 13.7. The van der Waals surface area contributed by atoms with E-state index in [2.05, 4.69) is 22.3 Å². The Kier molecular flexibility index (Phi) is 3.92. The molecule has 0 aliphatic rings. The zero-order valence-electron chi connectivity index (χ0n) is 10.3. The van der Waals surface area contributed by atoms with Gasteiger partial charge in [0.1, 0.15) is 0 Å². The summed E-state index contributed by atoms with van der Waals surface area (Å²) in [6.45, 7) is 3.78. The lowest BCUT2D eigenvalue weighted by molar-refractivity contribution is -0.119. The van der Waals surface area contributed by atoms with Gasteiger partial charge >= 0.3 is 0 Å². The second-order valence-corrected chi connectivity index (χ2v) is 3.88. The monoisotopic (exact) mass is 258 g/mol. The Labute approximate surface area is 110 Å². The van der Waals surface area contributed by atoms with Crippen molar-refractivity contribution >= 4 is 17.3 Å². The van der Waals surface area contributed by atoms with Gasteiger partial charge in [0.2, 0.25) is 5.91 Å². The van der Waals surface area contributed by atoms with Crippen molar-refractivity contribution in [3.8, 4) is 0 Å². The molecule has 0 aliphatic carbocycles. The van der Waals surface area contributed by atoms with Crippen LogP contribution in [0.25, 0.3) is 5.52 Å². The molecular formula is C13H14N4O2. The highest BCUT2D eigenvalue weighted by Crippen LogP contribution is 2.05. The molecule has 0 unspecified atom stereocenters. The summed E-state index contributed by atoms with van der Waals surface area (Å²) in [6, 6.07) is 7.20. The summed E-state index contributed by atoms with van der Waals surface area (Å²) in [7, 11) is 0. The average molecular weight is 258 g/mol. The van der Waals surface area contributed by atoms with Crippen molar-refractivity contribution in [2.45, 2.75) is 0 Å². The summed E-state index contributed by atoms with van der Waals surface area (Å²) >= 11 is 0. The van der Waals surface area contributed by atoms with E-state index in [9.17, 15) is 9.59 Å². The number of carbonyl (C=O) groups excluding carboxylic acids is 2. The van der Waals surface area contributed by atoms with Gasteiger partial charge in [-0.2, -0.15) is 5.10 Å². The van der Waals surface area contributed by atoms with Gasteiger partial charge in [-0.25, -0.2) is 4.52 Å². The van der Waals surface area contributed by atoms with Crippen molar-refractivity contribution in [3.05, 3.63) is 48.8 Å². The molecule has 0 atom stereocenters. The second-order valence-electron chi connectivity index (χ2n) is 3.88.